The summed E-state index contributed by atoms with van der Waals surface area (Å²) in [5, 5.41) is 0. The van der Waals surface area contributed by atoms with Gasteiger partial charge in [-0.05, 0) is 36.6 Å². The van der Waals surface area contributed by atoms with Gasteiger partial charge in [0.15, 0.2) is 0 Å². The Labute approximate surface area is 146 Å². The van der Waals surface area contributed by atoms with Crippen molar-refractivity contribution in [3.8, 4) is 11.4 Å². The number of carbonyl (C=O) groups excluding carboxylic acids is 2. The predicted molar refractivity (Wildman–Crippen MR) is 92.4 cm³/mol. The molecular formula is C19H20N4O2. The largest absolute Gasteiger partial charge is 0.327 e. The summed E-state index contributed by atoms with van der Waals surface area (Å²) >= 11 is 0. The van der Waals surface area contributed by atoms with Crippen LogP contribution >= 0.6 is 0 Å². The third-order valence-electron chi connectivity index (χ3n) is 4.94. The Bertz CT molecular complexity index is 770. The first-order valence-electron chi connectivity index (χ1n) is 8.69. The molecule has 1 saturated heterocycles. The first kappa shape index (κ1) is 15.7. The molecule has 0 aromatic carbocycles. The minimum absolute atomic E-state index is 0.120. The number of nitrogens with zero attached hydrogens (tertiary/aromatic N) is 4. The van der Waals surface area contributed by atoms with Crippen molar-refractivity contribution in [2.45, 2.75) is 38.3 Å². The molecule has 0 atom stereocenters. The van der Waals surface area contributed by atoms with Crippen LogP contribution < -0.4 is 0 Å². The van der Waals surface area contributed by atoms with Crippen molar-refractivity contribution < 1.29 is 9.59 Å². The molecule has 128 valence electrons. The molecule has 1 aliphatic carbocycles. The van der Waals surface area contributed by atoms with Crippen molar-refractivity contribution in [1.29, 1.82) is 0 Å². The summed E-state index contributed by atoms with van der Waals surface area (Å²) < 4.78 is 0. The second-order valence-electron chi connectivity index (χ2n) is 6.60. The van der Waals surface area contributed by atoms with E-state index in [0.29, 0.717) is 0 Å². The van der Waals surface area contributed by atoms with Gasteiger partial charge in [0.25, 0.3) is 5.91 Å². The minimum Gasteiger partial charge on any atom is -0.312 e. The highest BCUT2D eigenvalue weighted by Crippen LogP contribution is 2.27. The molecule has 0 radical (unpaired) electrons. The van der Waals surface area contributed by atoms with Crippen LogP contribution in [0.25, 0.3) is 11.4 Å². The quantitative estimate of drug-likeness (QED) is 0.805. The molecule has 4 rings (SSSR count). The van der Waals surface area contributed by atoms with Gasteiger partial charge in [-0.3, -0.25) is 19.7 Å². The number of rotatable bonds is 4. The zero-order valence-corrected chi connectivity index (χ0v) is 14.0. The summed E-state index contributed by atoms with van der Waals surface area (Å²) in [4.78, 5) is 36.6. The Hall–Kier alpha value is -2.76. The van der Waals surface area contributed by atoms with Crippen molar-refractivity contribution in [3.05, 3.63) is 48.3 Å². The van der Waals surface area contributed by atoms with E-state index < -0.39 is 0 Å². The van der Waals surface area contributed by atoms with E-state index in [1.54, 1.807) is 17.3 Å². The van der Waals surface area contributed by atoms with Crippen molar-refractivity contribution in [1.82, 2.24) is 19.8 Å². The normalized spacial score (nSPS) is 18.4. The highest BCUT2D eigenvalue weighted by Gasteiger charge is 2.40. The number of imide groups is 1. The molecular weight excluding hydrogens is 316 g/mol. The van der Waals surface area contributed by atoms with E-state index in [4.69, 9.17) is 0 Å². The average Bonchev–Trinajstić information content (AvgIpc) is 3.27. The predicted octanol–water partition coefficient (Wildman–Crippen LogP) is 2.85. The van der Waals surface area contributed by atoms with Crippen LogP contribution in [0.15, 0.2) is 42.7 Å². The first-order valence-corrected chi connectivity index (χ1v) is 8.69. The number of pyridine rings is 2. The van der Waals surface area contributed by atoms with Crippen LogP contribution in [-0.2, 0) is 11.3 Å². The molecule has 2 aliphatic rings. The average molecular weight is 336 g/mol. The van der Waals surface area contributed by atoms with E-state index in [1.807, 2.05) is 30.3 Å². The monoisotopic (exact) mass is 336 g/mol. The summed E-state index contributed by atoms with van der Waals surface area (Å²) in [6.07, 6.45) is 7.73. The number of urea groups is 1. The molecule has 0 unspecified atom stereocenters. The lowest BCUT2D eigenvalue weighted by Crippen LogP contribution is -2.37. The number of carbonyl (C=O) groups is 2. The Morgan fingerprint density at radius 3 is 2.48 bits per heavy atom. The molecule has 1 aliphatic heterocycles. The van der Waals surface area contributed by atoms with Crippen LogP contribution in [-0.4, -0.2) is 44.3 Å². The Kier molecular flexibility index (Phi) is 4.17. The van der Waals surface area contributed by atoms with Crippen LogP contribution in [0.1, 0.15) is 31.2 Å². The van der Waals surface area contributed by atoms with Gasteiger partial charge < -0.3 is 4.90 Å². The third-order valence-corrected chi connectivity index (χ3v) is 4.94. The summed E-state index contributed by atoms with van der Waals surface area (Å²) in [5.74, 6) is -0.120. The zero-order valence-electron chi connectivity index (χ0n) is 14.0. The maximum absolute atomic E-state index is 12.6. The van der Waals surface area contributed by atoms with Gasteiger partial charge >= 0.3 is 6.03 Å². The highest BCUT2D eigenvalue weighted by atomic mass is 16.2. The second kappa shape index (κ2) is 6.63. The van der Waals surface area contributed by atoms with Gasteiger partial charge in [0.05, 0.1) is 17.9 Å². The minimum atomic E-state index is -0.161. The first-order chi connectivity index (χ1) is 12.2. The molecule has 3 amide bonds. The van der Waals surface area contributed by atoms with Gasteiger partial charge in [0, 0.05) is 18.4 Å². The lowest BCUT2D eigenvalue weighted by atomic mass is 10.2. The molecule has 3 heterocycles. The lowest BCUT2D eigenvalue weighted by Gasteiger charge is -2.22. The van der Waals surface area contributed by atoms with Gasteiger partial charge in [-0.25, -0.2) is 4.79 Å². The standard InChI is InChI=1S/C19H20N4O2/c24-18-13-22(15-5-1-2-6-15)19(25)23(18)12-14-8-9-17(21-11-14)16-7-3-4-10-20-16/h3-4,7-11,15H,1-2,5-6,12-13H2. The second-order valence-corrected chi connectivity index (χ2v) is 6.60. The van der Waals surface area contributed by atoms with Gasteiger partial charge in [-0.15, -0.1) is 0 Å². The highest BCUT2D eigenvalue weighted by molar-refractivity contribution is 6.02. The van der Waals surface area contributed by atoms with E-state index >= 15 is 0 Å². The summed E-state index contributed by atoms with van der Waals surface area (Å²) in [7, 11) is 0. The number of aromatic nitrogens is 2. The molecule has 6 heteroatoms. The van der Waals surface area contributed by atoms with Gasteiger partial charge in [0.2, 0.25) is 0 Å². The Balaban J connectivity index is 1.46. The molecule has 1 saturated carbocycles. The van der Waals surface area contributed by atoms with Crippen LogP contribution in [0.4, 0.5) is 4.79 Å². The fraction of sp³-hybridized carbons (Fsp3) is 0.368. The van der Waals surface area contributed by atoms with E-state index in [9.17, 15) is 9.59 Å². The van der Waals surface area contributed by atoms with Gasteiger partial charge in [-0.2, -0.15) is 0 Å². The third kappa shape index (κ3) is 3.12. The Morgan fingerprint density at radius 2 is 1.80 bits per heavy atom. The van der Waals surface area contributed by atoms with Crippen molar-refractivity contribution >= 4 is 11.9 Å². The molecule has 0 N–H and O–H groups in total. The van der Waals surface area contributed by atoms with E-state index in [2.05, 4.69) is 9.97 Å². The molecule has 2 fully saturated rings. The van der Waals surface area contributed by atoms with E-state index in [-0.39, 0.29) is 31.1 Å². The van der Waals surface area contributed by atoms with Crippen LogP contribution in [0.5, 0.6) is 0 Å². The fourth-order valence-electron chi connectivity index (χ4n) is 3.58. The SMILES string of the molecule is O=C1CN(C2CCCC2)C(=O)N1Cc1ccc(-c2ccccn2)nc1. The molecule has 0 bridgehead atoms. The smallest absolute Gasteiger partial charge is 0.312 e. The lowest BCUT2D eigenvalue weighted by molar-refractivity contribution is -0.125. The maximum atomic E-state index is 12.6. The molecule has 25 heavy (non-hydrogen) atoms. The summed E-state index contributed by atoms with van der Waals surface area (Å²) in [6, 6.07) is 9.51. The zero-order chi connectivity index (χ0) is 17.2. The van der Waals surface area contributed by atoms with Crippen molar-refractivity contribution in [3.63, 3.8) is 0 Å². The molecule has 0 spiro atoms. The summed E-state index contributed by atoms with van der Waals surface area (Å²) in [6.45, 7) is 0.485. The van der Waals surface area contributed by atoms with Crippen molar-refractivity contribution in [2.24, 2.45) is 0 Å². The number of hydrogen-bond acceptors (Lipinski definition) is 4. The van der Waals surface area contributed by atoms with E-state index in [0.717, 1.165) is 42.6 Å². The van der Waals surface area contributed by atoms with Crippen LogP contribution in [0.2, 0.25) is 0 Å². The molecule has 6 nitrogen and oxygen atoms in total. The van der Waals surface area contributed by atoms with Crippen molar-refractivity contribution in [2.75, 3.05) is 6.54 Å². The van der Waals surface area contributed by atoms with Crippen LogP contribution in [0, 0.1) is 0 Å². The maximum Gasteiger partial charge on any atom is 0.327 e. The number of hydrogen-bond donors (Lipinski definition) is 0. The topological polar surface area (TPSA) is 66.4 Å². The fourth-order valence-corrected chi connectivity index (χ4v) is 3.58. The van der Waals surface area contributed by atoms with E-state index in [1.165, 1.54) is 4.90 Å². The Morgan fingerprint density at radius 1 is 1.00 bits per heavy atom. The van der Waals surface area contributed by atoms with Crippen LogP contribution in [0.3, 0.4) is 0 Å². The molecule has 2 aromatic rings. The van der Waals surface area contributed by atoms with Gasteiger partial charge in [0.1, 0.15) is 6.54 Å². The molecule has 2 aromatic heterocycles. The van der Waals surface area contributed by atoms with Gasteiger partial charge in [-0.1, -0.05) is 25.0 Å². The number of amides is 3. The summed E-state index contributed by atoms with van der Waals surface area (Å²) in [5.41, 5.74) is 2.42.